The molecule has 5 nitrogen and oxygen atoms in total. The maximum absolute atomic E-state index is 12.4. The Morgan fingerprint density at radius 2 is 2.00 bits per heavy atom. The molecule has 1 N–H and O–H groups in total. The second-order valence-corrected chi connectivity index (χ2v) is 6.43. The van der Waals surface area contributed by atoms with Gasteiger partial charge < -0.3 is 9.88 Å². The number of nitrogens with one attached hydrogen (secondary N) is 1. The zero-order chi connectivity index (χ0) is 16.5. The minimum absolute atomic E-state index is 0.141. The third-order valence-electron chi connectivity index (χ3n) is 3.76. The van der Waals surface area contributed by atoms with E-state index < -0.39 is 0 Å². The number of benzene rings is 1. The van der Waals surface area contributed by atoms with Crippen LogP contribution in [0.1, 0.15) is 9.67 Å². The lowest BCUT2D eigenvalue weighted by Crippen LogP contribution is -2.09. The van der Waals surface area contributed by atoms with E-state index in [0.717, 1.165) is 21.7 Å². The van der Waals surface area contributed by atoms with Crippen molar-refractivity contribution in [1.29, 1.82) is 0 Å². The molecular weight excluding hydrogens is 320 g/mol. The van der Waals surface area contributed by atoms with E-state index in [0.29, 0.717) is 10.6 Å². The number of anilines is 1. The average Bonchev–Trinajstić information content (AvgIpc) is 3.21. The Labute approximate surface area is 142 Å². The van der Waals surface area contributed by atoms with E-state index in [2.05, 4.69) is 15.3 Å². The van der Waals surface area contributed by atoms with Gasteiger partial charge in [-0.1, -0.05) is 12.1 Å². The van der Waals surface area contributed by atoms with Gasteiger partial charge in [0, 0.05) is 13.2 Å². The molecule has 0 aliphatic carbocycles. The number of hydrogen-bond donors (Lipinski definition) is 1. The number of aromatic nitrogens is 3. The Kier molecular flexibility index (Phi) is 3.59. The molecule has 1 aromatic carbocycles. The van der Waals surface area contributed by atoms with Crippen LogP contribution in [0.25, 0.3) is 21.7 Å². The fourth-order valence-corrected chi connectivity index (χ4v) is 3.50. The highest BCUT2D eigenvalue weighted by Crippen LogP contribution is 2.30. The third-order valence-corrected chi connectivity index (χ3v) is 4.84. The molecule has 0 spiro atoms. The molecule has 3 aromatic heterocycles. The van der Waals surface area contributed by atoms with Crippen molar-refractivity contribution < 1.29 is 4.79 Å². The summed E-state index contributed by atoms with van der Waals surface area (Å²) in [6.45, 7) is 0. The number of rotatable bonds is 3. The Balaban J connectivity index is 1.64. The van der Waals surface area contributed by atoms with Gasteiger partial charge in [0.1, 0.15) is 0 Å². The number of aryl methyl sites for hydroxylation is 1. The van der Waals surface area contributed by atoms with Gasteiger partial charge in [0.15, 0.2) is 5.82 Å². The van der Waals surface area contributed by atoms with Crippen LogP contribution in [0.3, 0.4) is 0 Å². The highest BCUT2D eigenvalue weighted by molar-refractivity contribution is 7.17. The van der Waals surface area contributed by atoms with Gasteiger partial charge in [0.2, 0.25) is 0 Å². The summed E-state index contributed by atoms with van der Waals surface area (Å²) < 4.78 is 2.05. The third kappa shape index (κ3) is 2.57. The van der Waals surface area contributed by atoms with E-state index in [1.165, 1.54) is 11.3 Å². The first-order valence-corrected chi connectivity index (χ1v) is 8.27. The van der Waals surface area contributed by atoms with E-state index in [9.17, 15) is 4.79 Å². The van der Waals surface area contributed by atoms with Gasteiger partial charge >= 0.3 is 0 Å². The SMILES string of the molecule is Cn1c(-c2ccc(C(=O)Nc3cccnc3)s2)nc2ccccc21. The number of para-hydroxylation sites is 2. The monoisotopic (exact) mass is 334 g/mol. The predicted octanol–water partition coefficient (Wildman–Crippen LogP) is 3.95. The number of carbonyl (C=O) groups excluding carboxylic acids is 1. The topological polar surface area (TPSA) is 59.8 Å². The highest BCUT2D eigenvalue weighted by atomic mass is 32.1. The number of hydrogen-bond acceptors (Lipinski definition) is 4. The van der Waals surface area contributed by atoms with Crippen molar-refractivity contribution in [3.05, 3.63) is 65.8 Å². The summed E-state index contributed by atoms with van der Waals surface area (Å²) in [5, 5.41) is 2.85. The largest absolute Gasteiger partial charge is 0.326 e. The van der Waals surface area contributed by atoms with Crippen molar-refractivity contribution >= 4 is 34.0 Å². The van der Waals surface area contributed by atoms with E-state index in [1.54, 1.807) is 18.5 Å². The molecule has 118 valence electrons. The average molecular weight is 334 g/mol. The lowest BCUT2D eigenvalue weighted by Gasteiger charge is -2.02. The maximum Gasteiger partial charge on any atom is 0.265 e. The molecule has 0 fully saturated rings. The number of imidazole rings is 1. The summed E-state index contributed by atoms with van der Waals surface area (Å²) in [4.78, 5) is 22.6. The van der Waals surface area contributed by atoms with Crippen LogP contribution in [0.5, 0.6) is 0 Å². The van der Waals surface area contributed by atoms with Crippen LogP contribution in [-0.2, 0) is 7.05 Å². The zero-order valence-electron chi connectivity index (χ0n) is 12.9. The Morgan fingerprint density at radius 3 is 2.79 bits per heavy atom. The molecular formula is C18H14N4OS. The van der Waals surface area contributed by atoms with Gasteiger partial charge in [0.25, 0.3) is 5.91 Å². The fraction of sp³-hybridized carbons (Fsp3) is 0.0556. The molecule has 4 aromatic rings. The zero-order valence-corrected chi connectivity index (χ0v) is 13.7. The first kappa shape index (κ1) is 14.6. The molecule has 6 heteroatoms. The van der Waals surface area contributed by atoms with Gasteiger partial charge in [-0.2, -0.15) is 0 Å². The smallest absolute Gasteiger partial charge is 0.265 e. The molecule has 0 aliphatic heterocycles. The van der Waals surface area contributed by atoms with E-state index >= 15 is 0 Å². The first-order valence-electron chi connectivity index (χ1n) is 7.45. The number of carbonyl (C=O) groups is 1. The summed E-state index contributed by atoms with van der Waals surface area (Å²) in [5.41, 5.74) is 2.70. The van der Waals surface area contributed by atoms with Gasteiger partial charge in [-0.25, -0.2) is 4.98 Å². The van der Waals surface area contributed by atoms with Gasteiger partial charge in [0.05, 0.1) is 32.7 Å². The molecule has 0 saturated heterocycles. The molecule has 0 bridgehead atoms. The number of amides is 1. The molecule has 0 radical (unpaired) electrons. The van der Waals surface area contributed by atoms with Gasteiger partial charge in [-0.15, -0.1) is 11.3 Å². The van der Waals surface area contributed by atoms with Crippen LogP contribution in [0, 0.1) is 0 Å². The van der Waals surface area contributed by atoms with E-state index in [1.807, 2.05) is 54.1 Å². The number of pyridine rings is 1. The molecule has 0 saturated carbocycles. The van der Waals surface area contributed by atoms with Gasteiger partial charge in [-0.05, 0) is 36.4 Å². The highest BCUT2D eigenvalue weighted by Gasteiger charge is 2.15. The predicted molar refractivity (Wildman–Crippen MR) is 96.2 cm³/mol. The molecule has 0 unspecified atom stereocenters. The molecule has 1 amide bonds. The van der Waals surface area contributed by atoms with Crippen molar-refractivity contribution in [3.63, 3.8) is 0 Å². The number of nitrogens with zero attached hydrogens (tertiary/aromatic N) is 3. The van der Waals surface area contributed by atoms with Gasteiger partial charge in [-0.3, -0.25) is 9.78 Å². The van der Waals surface area contributed by atoms with Crippen molar-refractivity contribution in [1.82, 2.24) is 14.5 Å². The minimum Gasteiger partial charge on any atom is -0.326 e. The lowest BCUT2D eigenvalue weighted by molar-refractivity contribution is 0.103. The van der Waals surface area contributed by atoms with Crippen LogP contribution in [0.15, 0.2) is 60.9 Å². The second-order valence-electron chi connectivity index (χ2n) is 5.34. The van der Waals surface area contributed by atoms with Crippen molar-refractivity contribution in [2.45, 2.75) is 0 Å². The molecule has 24 heavy (non-hydrogen) atoms. The van der Waals surface area contributed by atoms with E-state index in [-0.39, 0.29) is 5.91 Å². The fourth-order valence-electron chi connectivity index (χ4n) is 2.58. The number of fused-ring (bicyclic) bond motifs is 1. The molecule has 0 aliphatic rings. The first-order chi connectivity index (χ1) is 11.7. The Morgan fingerprint density at radius 1 is 1.12 bits per heavy atom. The molecule has 3 heterocycles. The summed E-state index contributed by atoms with van der Waals surface area (Å²) in [7, 11) is 1.99. The Bertz CT molecular complexity index is 1020. The summed E-state index contributed by atoms with van der Waals surface area (Å²) in [6, 6.07) is 15.3. The Hall–Kier alpha value is -2.99. The van der Waals surface area contributed by atoms with Crippen molar-refractivity contribution in [2.24, 2.45) is 7.05 Å². The van der Waals surface area contributed by atoms with Crippen LogP contribution in [0.2, 0.25) is 0 Å². The van der Waals surface area contributed by atoms with Crippen LogP contribution >= 0.6 is 11.3 Å². The maximum atomic E-state index is 12.4. The normalized spacial score (nSPS) is 10.9. The van der Waals surface area contributed by atoms with Crippen molar-refractivity contribution in [3.8, 4) is 10.7 Å². The standard InChI is InChI=1S/C18H14N4OS/c1-22-14-7-3-2-6-13(14)21-17(22)15-8-9-16(24-15)18(23)20-12-5-4-10-19-11-12/h2-11H,1H3,(H,20,23). The number of thiophene rings is 1. The van der Waals surface area contributed by atoms with Crippen LogP contribution in [-0.4, -0.2) is 20.4 Å². The van der Waals surface area contributed by atoms with Crippen LogP contribution < -0.4 is 5.32 Å². The summed E-state index contributed by atoms with van der Waals surface area (Å²) in [6.07, 6.45) is 3.29. The lowest BCUT2D eigenvalue weighted by atomic mass is 10.3. The molecule has 4 rings (SSSR count). The summed E-state index contributed by atoms with van der Waals surface area (Å²) >= 11 is 1.43. The minimum atomic E-state index is -0.141. The molecule has 0 atom stereocenters. The summed E-state index contributed by atoms with van der Waals surface area (Å²) in [5.74, 6) is 0.722. The quantitative estimate of drug-likeness (QED) is 0.617. The van der Waals surface area contributed by atoms with E-state index in [4.69, 9.17) is 0 Å². The van der Waals surface area contributed by atoms with Crippen molar-refractivity contribution in [2.75, 3.05) is 5.32 Å². The van der Waals surface area contributed by atoms with Crippen LogP contribution in [0.4, 0.5) is 5.69 Å². The second kappa shape index (κ2) is 5.90.